The van der Waals surface area contributed by atoms with Crippen molar-refractivity contribution in [3.8, 4) is 0 Å². The molecule has 2 aromatic rings. The van der Waals surface area contributed by atoms with E-state index < -0.39 is 21.7 Å². The maximum atomic E-state index is 13.6. The zero-order valence-corrected chi connectivity index (χ0v) is 16.9. The average molecular weight is 405 g/mol. The van der Waals surface area contributed by atoms with Crippen LogP contribution in [0.2, 0.25) is 0 Å². The fraction of sp³-hybridized carbons (Fsp3) is 0.381. The number of amides is 1. The minimum absolute atomic E-state index is 0.0261. The third-order valence-electron chi connectivity index (χ3n) is 5.31. The molecule has 1 N–H and O–H groups in total. The van der Waals surface area contributed by atoms with Gasteiger partial charge < -0.3 is 5.32 Å². The van der Waals surface area contributed by atoms with E-state index in [0.717, 1.165) is 32.1 Å². The molecule has 0 atom stereocenters. The van der Waals surface area contributed by atoms with Gasteiger partial charge in [0.15, 0.2) is 0 Å². The second kappa shape index (κ2) is 8.41. The molecular formula is C21H25FN2O3S. The Labute approximate surface area is 165 Å². The number of hydrogen-bond donors (Lipinski definition) is 1. The largest absolute Gasteiger partial charge is 0.322 e. The highest BCUT2D eigenvalue weighted by atomic mass is 32.2. The van der Waals surface area contributed by atoms with E-state index in [1.54, 1.807) is 26.1 Å². The minimum atomic E-state index is -3.60. The van der Waals surface area contributed by atoms with Gasteiger partial charge in [-0.05, 0) is 61.7 Å². The first-order valence-electron chi connectivity index (χ1n) is 9.44. The summed E-state index contributed by atoms with van der Waals surface area (Å²) in [6.45, 7) is 1.64. The average Bonchev–Trinajstić information content (AvgIpc) is 2.71. The van der Waals surface area contributed by atoms with Crippen molar-refractivity contribution in [1.29, 1.82) is 0 Å². The molecular weight excluding hydrogens is 379 g/mol. The predicted octanol–water partition coefficient (Wildman–Crippen LogP) is 4.34. The Morgan fingerprint density at radius 1 is 1.07 bits per heavy atom. The van der Waals surface area contributed by atoms with Crippen LogP contribution in [0.4, 0.5) is 10.1 Å². The Hall–Kier alpha value is -2.25. The van der Waals surface area contributed by atoms with Crippen LogP contribution in [0, 0.1) is 12.7 Å². The normalized spacial score (nSPS) is 15.6. The third-order valence-corrected chi connectivity index (χ3v) is 7.24. The summed E-state index contributed by atoms with van der Waals surface area (Å²) in [4.78, 5) is 12.5. The van der Waals surface area contributed by atoms with Gasteiger partial charge in [-0.25, -0.2) is 12.8 Å². The summed E-state index contributed by atoms with van der Waals surface area (Å²) >= 11 is 0. The summed E-state index contributed by atoms with van der Waals surface area (Å²) in [5.74, 6) is -0.821. The molecule has 0 heterocycles. The number of hydrogen-bond acceptors (Lipinski definition) is 3. The summed E-state index contributed by atoms with van der Waals surface area (Å²) in [5.41, 5.74) is 1.15. The van der Waals surface area contributed by atoms with Crippen LogP contribution in [-0.4, -0.2) is 31.7 Å². The van der Waals surface area contributed by atoms with E-state index in [-0.39, 0.29) is 10.9 Å². The van der Waals surface area contributed by atoms with Crippen LogP contribution in [0.1, 0.15) is 48.0 Å². The molecule has 0 bridgehead atoms. The molecule has 1 aliphatic carbocycles. The lowest BCUT2D eigenvalue weighted by Gasteiger charge is -2.30. The highest BCUT2D eigenvalue weighted by Crippen LogP contribution is 2.26. The van der Waals surface area contributed by atoms with E-state index in [4.69, 9.17) is 0 Å². The van der Waals surface area contributed by atoms with Gasteiger partial charge in [0.25, 0.3) is 5.91 Å². The lowest BCUT2D eigenvalue weighted by Crippen LogP contribution is -2.38. The number of halogens is 1. The Morgan fingerprint density at radius 2 is 1.71 bits per heavy atom. The number of benzene rings is 2. The van der Waals surface area contributed by atoms with Crippen molar-refractivity contribution < 1.29 is 17.6 Å². The second-order valence-corrected chi connectivity index (χ2v) is 9.25. The van der Waals surface area contributed by atoms with Gasteiger partial charge in [0, 0.05) is 24.3 Å². The highest BCUT2D eigenvalue weighted by molar-refractivity contribution is 7.89. The number of nitrogens with zero attached hydrogens (tertiary/aromatic N) is 1. The zero-order valence-electron chi connectivity index (χ0n) is 16.1. The van der Waals surface area contributed by atoms with E-state index in [0.29, 0.717) is 16.8 Å². The molecule has 0 radical (unpaired) electrons. The van der Waals surface area contributed by atoms with Crippen LogP contribution in [0.15, 0.2) is 47.4 Å². The van der Waals surface area contributed by atoms with Crippen LogP contribution >= 0.6 is 0 Å². The number of aryl methyl sites for hydroxylation is 1. The molecule has 2 aromatic carbocycles. The van der Waals surface area contributed by atoms with Gasteiger partial charge in [-0.15, -0.1) is 0 Å². The van der Waals surface area contributed by atoms with E-state index in [1.807, 2.05) is 0 Å². The van der Waals surface area contributed by atoms with Gasteiger partial charge in [0.1, 0.15) is 5.82 Å². The van der Waals surface area contributed by atoms with Crippen molar-refractivity contribution in [2.75, 3.05) is 12.4 Å². The first kappa shape index (κ1) is 20.5. The van der Waals surface area contributed by atoms with E-state index >= 15 is 0 Å². The van der Waals surface area contributed by atoms with Gasteiger partial charge in [-0.3, -0.25) is 4.79 Å². The van der Waals surface area contributed by atoms with Crippen molar-refractivity contribution in [1.82, 2.24) is 4.31 Å². The number of sulfonamides is 1. The van der Waals surface area contributed by atoms with Crippen LogP contribution in [0.3, 0.4) is 0 Å². The lowest BCUT2D eigenvalue weighted by atomic mass is 9.96. The van der Waals surface area contributed by atoms with E-state index in [2.05, 4.69) is 5.32 Å². The van der Waals surface area contributed by atoms with Crippen LogP contribution < -0.4 is 5.32 Å². The van der Waals surface area contributed by atoms with E-state index in [1.165, 1.54) is 34.6 Å². The summed E-state index contributed by atoms with van der Waals surface area (Å²) in [6.07, 6.45) is 5.00. The molecule has 1 saturated carbocycles. The van der Waals surface area contributed by atoms with Crippen molar-refractivity contribution >= 4 is 21.6 Å². The molecule has 0 saturated heterocycles. The molecule has 3 rings (SSSR count). The number of nitrogens with one attached hydrogen (secondary N) is 1. The molecule has 7 heteroatoms. The van der Waals surface area contributed by atoms with Gasteiger partial charge in [0.05, 0.1) is 4.90 Å². The Balaban J connectivity index is 1.72. The minimum Gasteiger partial charge on any atom is -0.322 e. The maximum absolute atomic E-state index is 13.6. The molecule has 0 spiro atoms. The molecule has 0 aliphatic heterocycles. The molecule has 0 unspecified atom stereocenters. The smallest absolute Gasteiger partial charge is 0.255 e. The SMILES string of the molecule is Cc1ccc(NC(=O)c2ccc(S(=O)(=O)N(C)C3CCCCC3)cc2)cc1F. The molecule has 0 aromatic heterocycles. The van der Waals surface area contributed by atoms with Crippen molar-refractivity contribution in [3.63, 3.8) is 0 Å². The Morgan fingerprint density at radius 3 is 2.32 bits per heavy atom. The monoisotopic (exact) mass is 404 g/mol. The van der Waals surface area contributed by atoms with Gasteiger partial charge >= 0.3 is 0 Å². The van der Waals surface area contributed by atoms with E-state index in [9.17, 15) is 17.6 Å². The summed E-state index contributed by atoms with van der Waals surface area (Å²) < 4.78 is 40.8. The summed E-state index contributed by atoms with van der Waals surface area (Å²) in [6, 6.07) is 10.3. The Kier molecular flexibility index (Phi) is 6.15. The molecule has 150 valence electrons. The number of anilines is 1. The lowest BCUT2D eigenvalue weighted by molar-refractivity contribution is 0.102. The fourth-order valence-electron chi connectivity index (χ4n) is 3.46. The molecule has 28 heavy (non-hydrogen) atoms. The molecule has 1 fully saturated rings. The molecule has 5 nitrogen and oxygen atoms in total. The third kappa shape index (κ3) is 4.42. The van der Waals surface area contributed by atoms with Gasteiger partial charge in [-0.1, -0.05) is 25.3 Å². The summed E-state index contributed by atoms with van der Waals surface area (Å²) in [5, 5.41) is 2.62. The fourth-order valence-corrected chi connectivity index (χ4v) is 4.88. The van der Waals surface area contributed by atoms with Gasteiger partial charge in [-0.2, -0.15) is 4.31 Å². The predicted molar refractivity (Wildman–Crippen MR) is 107 cm³/mol. The number of carbonyl (C=O) groups excluding carboxylic acids is 1. The van der Waals surface area contributed by atoms with Gasteiger partial charge in [0.2, 0.25) is 10.0 Å². The standard InChI is InChI=1S/C21H25FN2O3S/c1-15-8-11-17(14-20(15)22)23-21(25)16-9-12-19(13-10-16)28(26,27)24(2)18-6-4-3-5-7-18/h8-14,18H,3-7H2,1-2H3,(H,23,25). The first-order valence-corrected chi connectivity index (χ1v) is 10.9. The van der Waals surface area contributed by atoms with Crippen molar-refractivity contribution in [3.05, 3.63) is 59.4 Å². The maximum Gasteiger partial charge on any atom is 0.255 e. The topological polar surface area (TPSA) is 66.5 Å². The number of rotatable bonds is 5. The molecule has 1 aliphatic rings. The second-order valence-electron chi connectivity index (χ2n) is 7.26. The summed E-state index contributed by atoms with van der Waals surface area (Å²) in [7, 11) is -1.98. The van der Waals surface area contributed by atoms with Crippen molar-refractivity contribution in [2.24, 2.45) is 0 Å². The van der Waals surface area contributed by atoms with Crippen LogP contribution in [-0.2, 0) is 10.0 Å². The zero-order chi connectivity index (χ0) is 20.3. The van der Waals surface area contributed by atoms with Crippen molar-refractivity contribution in [2.45, 2.75) is 50.0 Å². The van der Waals surface area contributed by atoms with Crippen LogP contribution in [0.25, 0.3) is 0 Å². The Bertz CT molecular complexity index is 952. The highest BCUT2D eigenvalue weighted by Gasteiger charge is 2.29. The quantitative estimate of drug-likeness (QED) is 0.806. The molecule has 1 amide bonds. The first-order chi connectivity index (χ1) is 13.3. The van der Waals surface area contributed by atoms with Crippen LogP contribution in [0.5, 0.6) is 0 Å². The number of carbonyl (C=O) groups is 1.